The SMILES string of the molecule is COc1c(F)cc(-c2n[nH]c(-c3cccc(CN(C)C)c3)n2)cc1F. The van der Waals surface area contributed by atoms with Crippen LogP contribution in [0, 0.1) is 11.6 Å². The monoisotopic (exact) mass is 344 g/mol. The minimum absolute atomic E-state index is 0.216. The lowest BCUT2D eigenvalue weighted by Crippen LogP contribution is -2.10. The zero-order valence-electron chi connectivity index (χ0n) is 14.2. The predicted octanol–water partition coefficient (Wildman–Crippen LogP) is 3.49. The normalized spacial score (nSPS) is 11.1. The number of methoxy groups -OCH3 is 1. The van der Waals surface area contributed by atoms with E-state index in [9.17, 15) is 8.78 Å². The first kappa shape index (κ1) is 17.0. The molecule has 0 radical (unpaired) electrons. The van der Waals surface area contributed by atoms with Gasteiger partial charge in [0.15, 0.2) is 29.0 Å². The van der Waals surface area contributed by atoms with Gasteiger partial charge < -0.3 is 9.64 Å². The number of ether oxygens (including phenoxy) is 1. The van der Waals surface area contributed by atoms with Gasteiger partial charge in [0, 0.05) is 17.7 Å². The van der Waals surface area contributed by atoms with E-state index in [4.69, 9.17) is 0 Å². The van der Waals surface area contributed by atoms with Crippen LogP contribution >= 0.6 is 0 Å². The van der Waals surface area contributed by atoms with Gasteiger partial charge in [0.25, 0.3) is 0 Å². The van der Waals surface area contributed by atoms with Crippen molar-refractivity contribution in [3.8, 4) is 28.5 Å². The van der Waals surface area contributed by atoms with Gasteiger partial charge in [-0.2, -0.15) is 5.10 Å². The van der Waals surface area contributed by atoms with E-state index in [1.807, 2.05) is 38.4 Å². The van der Waals surface area contributed by atoms with Crippen LogP contribution in [0.5, 0.6) is 5.75 Å². The molecule has 0 saturated heterocycles. The summed E-state index contributed by atoms with van der Waals surface area (Å²) in [5, 5.41) is 6.89. The lowest BCUT2D eigenvalue weighted by molar-refractivity contribution is 0.360. The molecule has 0 fully saturated rings. The smallest absolute Gasteiger partial charge is 0.190 e. The number of aromatic nitrogens is 3. The lowest BCUT2D eigenvalue weighted by atomic mass is 10.1. The molecule has 0 aliphatic rings. The summed E-state index contributed by atoms with van der Waals surface area (Å²) in [6.07, 6.45) is 0. The van der Waals surface area contributed by atoms with Crippen LogP contribution in [0.15, 0.2) is 36.4 Å². The molecule has 0 amide bonds. The second-order valence-electron chi connectivity index (χ2n) is 5.92. The molecular formula is C18H18F2N4O. The van der Waals surface area contributed by atoms with E-state index in [2.05, 4.69) is 24.8 Å². The average Bonchev–Trinajstić information content (AvgIpc) is 3.04. The summed E-state index contributed by atoms with van der Waals surface area (Å²) < 4.78 is 32.4. The first-order valence-corrected chi connectivity index (χ1v) is 7.68. The number of nitrogens with one attached hydrogen (secondary N) is 1. The maximum Gasteiger partial charge on any atom is 0.190 e. The lowest BCUT2D eigenvalue weighted by Gasteiger charge is -2.09. The highest BCUT2D eigenvalue weighted by atomic mass is 19.1. The van der Waals surface area contributed by atoms with E-state index in [0.717, 1.165) is 29.8 Å². The fourth-order valence-electron chi connectivity index (χ4n) is 2.59. The van der Waals surface area contributed by atoms with Gasteiger partial charge in [0.2, 0.25) is 0 Å². The molecule has 3 aromatic rings. The summed E-state index contributed by atoms with van der Waals surface area (Å²) in [6, 6.07) is 10.2. The summed E-state index contributed by atoms with van der Waals surface area (Å²) in [7, 11) is 5.20. The molecule has 7 heteroatoms. The van der Waals surface area contributed by atoms with Crippen molar-refractivity contribution in [1.29, 1.82) is 0 Å². The standard InChI is InChI=1S/C18H18F2N4O/c1-24(2)10-11-5-4-6-12(7-11)17-21-18(23-22-17)13-8-14(19)16(25-3)15(20)9-13/h4-9H,10H2,1-3H3,(H,21,22,23). The molecule has 0 saturated carbocycles. The van der Waals surface area contributed by atoms with Crippen LogP contribution in [0.4, 0.5) is 8.78 Å². The number of rotatable bonds is 5. The Kier molecular flexibility index (Phi) is 4.76. The average molecular weight is 344 g/mol. The molecule has 130 valence electrons. The molecule has 3 rings (SSSR count). The first-order valence-electron chi connectivity index (χ1n) is 7.68. The highest BCUT2D eigenvalue weighted by molar-refractivity contribution is 5.62. The number of nitrogens with zero attached hydrogens (tertiary/aromatic N) is 3. The second-order valence-corrected chi connectivity index (χ2v) is 5.92. The number of hydrogen-bond donors (Lipinski definition) is 1. The minimum atomic E-state index is -0.795. The van der Waals surface area contributed by atoms with Crippen molar-refractivity contribution in [2.75, 3.05) is 21.2 Å². The van der Waals surface area contributed by atoms with Crippen LogP contribution < -0.4 is 4.74 Å². The van der Waals surface area contributed by atoms with E-state index in [-0.39, 0.29) is 11.4 Å². The Morgan fingerprint density at radius 1 is 1.08 bits per heavy atom. The van der Waals surface area contributed by atoms with Crippen LogP contribution in [-0.2, 0) is 6.54 Å². The first-order chi connectivity index (χ1) is 12.0. The highest BCUT2D eigenvalue weighted by Crippen LogP contribution is 2.28. The van der Waals surface area contributed by atoms with Crippen molar-refractivity contribution < 1.29 is 13.5 Å². The summed E-state index contributed by atoms with van der Waals surface area (Å²) in [5.74, 6) is -1.26. The van der Waals surface area contributed by atoms with Gasteiger partial charge in [-0.1, -0.05) is 18.2 Å². The van der Waals surface area contributed by atoms with Crippen LogP contribution in [0.25, 0.3) is 22.8 Å². The molecule has 0 atom stereocenters. The third kappa shape index (κ3) is 3.66. The summed E-state index contributed by atoms with van der Waals surface area (Å²) in [5.41, 5.74) is 2.22. The van der Waals surface area contributed by atoms with Gasteiger partial charge >= 0.3 is 0 Å². The Morgan fingerprint density at radius 3 is 2.44 bits per heavy atom. The molecular weight excluding hydrogens is 326 g/mol. The van der Waals surface area contributed by atoms with Crippen molar-refractivity contribution in [3.05, 3.63) is 53.6 Å². The van der Waals surface area contributed by atoms with Crippen molar-refractivity contribution in [3.63, 3.8) is 0 Å². The van der Waals surface area contributed by atoms with Crippen LogP contribution in [0.1, 0.15) is 5.56 Å². The second kappa shape index (κ2) is 6.98. The number of benzene rings is 2. The molecule has 0 aliphatic carbocycles. The number of H-pyrrole nitrogens is 1. The van der Waals surface area contributed by atoms with Gasteiger partial charge in [0.05, 0.1) is 7.11 Å². The predicted molar refractivity (Wildman–Crippen MR) is 91.1 cm³/mol. The molecule has 0 aliphatic heterocycles. The zero-order chi connectivity index (χ0) is 18.0. The Balaban J connectivity index is 1.93. The number of halogens is 2. The van der Waals surface area contributed by atoms with Crippen molar-refractivity contribution in [2.45, 2.75) is 6.54 Å². The van der Waals surface area contributed by atoms with E-state index in [1.165, 1.54) is 7.11 Å². The fraction of sp³-hybridized carbons (Fsp3) is 0.222. The molecule has 1 N–H and O–H groups in total. The molecule has 0 bridgehead atoms. The van der Waals surface area contributed by atoms with Gasteiger partial charge in [-0.25, -0.2) is 13.8 Å². The molecule has 0 unspecified atom stereocenters. The molecule has 0 spiro atoms. The third-order valence-corrected chi connectivity index (χ3v) is 3.65. The summed E-state index contributed by atoms with van der Waals surface area (Å²) in [4.78, 5) is 6.42. The van der Waals surface area contributed by atoms with Crippen molar-refractivity contribution in [2.24, 2.45) is 0 Å². The van der Waals surface area contributed by atoms with Crippen molar-refractivity contribution in [1.82, 2.24) is 20.1 Å². The Labute approximate surface area is 144 Å². The maximum absolute atomic E-state index is 13.9. The van der Waals surface area contributed by atoms with Gasteiger partial charge in [0.1, 0.15) is 0 Å². The van der Waals surface area contributed by atoms with Crippen LogP contribution in [-0.4, -0.2) is 41.3 Å². The van der Waals surface area contributed by atoms with Gasteiger partial charge in [-0.15, -0.1) is 0 Å². The Hall–Kier alpha value is -2.80. The molecule has 5 nitrogen and oxygen atoms in total. The topological polar surface area (TPSA) is 54.0 Å². The largest absolute Gasteiger partial charge is 0.491 e. The highest BCUT2D eigenvalue weighted by Gasteiger charge is 2.15. The summed E-state index contributed by atoms with van der Waals surface area (Å²) >= 11 is 0. The summed E-state index contributed by atoms with van der Waals surface area (Å²) in [6.45, 7) is 0.795. The zero-order valence-corrected chi connectivity index (χ0v) is 14.2. The fourth-order valence-corrected chi connectivity index (χ4v) is 2.59. The third-order valence-electron chi connectivity index (χ3n) is 3.65. The van der Waals surface area contributed by atoms with Gasteiger partial charge in [-0.3, -0.25) is 5.10 Å². The number of aromatic amines is 1. The molecule has 2 aromatic carbocycles. The Bertz CT molecular complexity index is 869. The van der Waals surface area contributed by atoms with E-state index < -0.39 is 17.4 Å². The maximum atomic E-state index is 13.9. The minimum Gasteiger partial charge on any atom is -0.491 e. The van der Waals surface area contributed by atoms with E-state index >= 15 is 0 Å². The quantitative estimate of drug-likeness (QED) is 0.770. The van der Waals surface area contributed by atoms with E-state index in [1.54, 1.807) is 0 Å². The molecule has 1 heterocycles. The van der Waals surface area contributed by atoms with Crippen molar-refractivity contribution >= 4 is 0 Å². The Morgan fingerprint density at radius 2 is 1.80 bits per heavy atom. The van der Waals surface area contributed by atoms with Crippen LogP contribution in [0.3, 0.4) is 0 Å². The molecule has 1 aromatic heterocycles. The van der Waals surface area contributed by atoms with E-state index in [0.29, 0.717) is 5.82 Å². The molecule has 25 heavy (non-hydrogen) atoms. The van der Waals surface area contributed by atoms with Gasteiger partial charge in [-0.05, 0) is 37.9 Å². The van der Waals surface area contributed by atoms with Crippen LogP contribution in [0.2, 0.25) is 0 Å². The number of hydrogen-bond acceptors (Lipinski definition) is 4.